The second-order valence-electron chi connectivity index (χ2n) is 6.21. The van der Waals surface area contributed by atoms with E-state index in [2.05, 4.69) is 20.8 Å². The summed E-state index contributed by atoms with van der Waals surface area (Å²) in [6.07, 6.45) is 0. The molecule has 114 valence electrons. The molecule has 1 rings (SSSR count). The molecule has 0 radical (unpaired) electrons. The van der Waals surface area contributed by atoms with Crippen LogP contribution in [0.5, 0.6) is 0 Å². The molecular weight excluding hydrogens is 274 g/mol. The molecule has 5 heteroatoms. The van der Waals surface area contributed by atoms with Crippen molar-refractivity contribution in [1.29, 1.82) is 0 Å². The molecule has 0 amide bonds. The summed E-state index contributed by atoms with van der Waals surface area (Å²) in [5.41, 5.74) is 1.08. The summed E-state index contributed by atoms with van der Waals surface area (Å²) in [6.45, 7) is 9.79. The fourth-order valence-electron chi connectivity index (χ4n) is 2.02. The zero-order chi connectivity index (χ0) is 15.6. The number of hydrogen-bond donors (Lipinski definition) is 1. The zero-order valence-electron chi connectivity index (χ0n) is 12.9. The fraction of sp³-hybridized carbons (Fsp3) is 0.600. The summed E-state index contributed by atoms with van der Waals surface area (Å²) in [7, 11) is -3.55. The van der Waals surface area contributed by atoms with Gasteiger partial charge in [-0.05, 0) is 37.0 Å². The van der Waals surface area contributed by atoms with E-state index >= 15 is 0 Å². The smallest absolute Gasteiger partial charge is 0.243 e. The van der Waals surface area contributed by atoms with Crippen LogP contribution in [0.25, 0.3) is 0 Å². The molecule has 20 heavy (non-hydrogen) atoms. The van der Waals surface area contributed by atoms with E-state index in [1.807, 2.05) is 12.1 Å². The van der Waals surface area contributed by atoms with E-state index < -0.39 is 10.0 Å². The van der Waals surface area contributed by atoms with Crippen LogP contribution in [-0.4, -0.2) is 37.0 Å². The lowest BCUT2D eigenvalue weighted by Crippen LogP contribution is -2.38. The summed E-state index contributed by atoms with van der Waals surface area (Å²) >= 11 is 0. The van der Waals surface area contributed by atoms with Gasteiger partial charge in [-0.15, -0.1) is 0 Å². The molecule has 0 bridgehead atoms. The molecule has 0 aliphatic carbocycles. The monoisotopic (exact) mass is 299 g/mol. The molecule has 4 nitrogen and oxygen atoms in total. The predicted octanol–water partition coefficient (Wildman–Crippen LogP) is 2.38. The Morgan fingerprint density at radius 2 is 1.65 bits per heavy atom. The van der Waals surface area contributed by atoms with Gasteiger partial charge in [-0.2, -0.15) is 4.31 Å². The standard InChI is InChI=1S/C15H25NO3S/c1-12(2)16(10-11-17)20(18,19)14-8-6-13(7-9-14)15(3,4)5/h6-9,12,17H,10-11H2,1-5H3. The van der Waals surface area contributed by atoms with Crippen molar-refractivity contribution in [3.8, 4) is 0 Å². The minimum Gasteiger partial charge on any atom is -0.395 e. The van der Waals surface area contributed by atoms with Gasteiger partial charge in [-0.3, -0.25) is 0 Å². The topological polar surface area (TPSA) is 57.6 Å². The quantitative estimate of drug-likeness (QED) is 0.908. The number of aliphatic hydroxyl groups is 1. The van der Waals surface area contributed by atoms with E-state index in [0.717, 1.165) is 5.56 Å². The van der Waals surface area contributed by atoms with E-state index in [1.54, 1.807) is 26.0 Å². The third kappa shape index (κ3) is 3.81. The minimum atomic E-state index is -3.55. The molecule has 0 fully saturated rings. The highest BCUT2D eigenvalue weighted by molar-refractivity contribution is 7.89. The number of benzene rings is 1. The van der Waals surface area contributed by atoms with Gasteiger partial charge in [0.25, 0.3) is 0 Å². The molecule has 0 aromatic heterocycles. The van der Waals surface area contributed by atoms with Crippen LogP contribution < -0.4 is 0 Å². The van der Waals surface area contributed by atoms with Gasteiger partial charge in [0.05, 0.1) is 11.5 Å². The Balaban J connectivity index is 3.15. The lowest BCUT2D eigenvalue weighted by Gasteiger charge is -2.25. The summed E-state index contributed by atoms with van der Waals surface area (Å²) in [5.74, 6) is 0. The largest absolute Gasteiger partial charge is 0.395 e. The van der Waals surface area contributed by atoms with E-state index in [1.165, 1.54) is 4.31 Å². The number of hydrogen-bond acceptors (Lipinski definition) is 3. The molecular formula is C15H25NO3S. The van der Waals surface area contributed by atoms with Crippen LogP contribution in [0.1, 0.15) is 40.2 Å². The number of sulfonamides is 1. The maximum Gasteiger partial charge on any atom is 0.243 e. The van der Waals surface area contributed by atoms with Crippen LogP contribution in [-0.2, 0) is 15.4 Å². The molecule has 1 aromatic carbocycles. The predicted molar refractivity (Wildman–Crippen MR) is 81.3 cm³/mol. The highest BCUT2D eigenvalue weighted by Gasteiger charge is 2.26. The van der Waals surface area contributed by atoms with Crippen molar-refractivity contribution in [2.75, 3.05) is 13.2 Å². The Morgan fingerprint density at radius 1 is 1.15 bits per heavy atom. The number of aliphatic hydroxyl groups excluding tert-OH is 1. The maximum absolute atomic E-state index is 12.5. The first kappa shape index (κ1) is 17.1. The molecule has 0 atom stereocenters. The maximum atomic E-state index is 12.5. The molecule has 0 heterocycles. The molecule has 0 saturated carbocycles. The average molecular weight is 299 g/mol. The van der Waals surface area contributed by atoms with Gasteiger partial charge in [0.15, 0.2) is 0 Å². The van der Waals surface area contributed by atoms with Crippen LogP contribution >= 0.6 is 0 Å². The summed E-state index contributed by atoms with van der Waals surface area (Å²) in [4.78, 5) is 0.271. The highest BCUT2D eigenvalue weighted by atomic mass is 32.2. The first-order valence-electron chi connectivity index (χ1n) is 6.84. The zero-order valence-corrected chi connectivity index (χ0v) is 13.7. The van der Waals surface area contributed by atoms with Crippen molar-refractivity contribution in [3.63, 3.8) is 0 Å². The second-order valence-corrected chi connectivity index (χ2v) is 8.10. The van der Waals surface area contributed by atoms with Crippen LogP contribution in [0.4, 0.5) is 0 Å². The summed E-state index contributed by atoms with van der Waals surface area (Å²) < 4.78 is 26.4. The van der Waals surface area contributed by atoms with Gasteiger partial charge in [-0.1, -0.05) is 32.9 Å². The van der Waals surface area contributed by atoms with E-state index in [-0.39, 0.29) is 29.5 Å². The van der Waals surface area contributed by atoms with Crippen molar-refractivity contribution >= 4 is 10.0 Å². The third-order valence-corrected chi connectivity index (χ3v) is 5.31. The van der Waals surface area contributed by atoms with Gasteiger partial charge in [0.2, 0.25) is 10.0 Å². The molecule has 0 aliphatic heterocycles. The van der Waals surface area contributed by atoms with Crippen LogP contribution in [0.2, 0.25) is 0 Å². The van der Waals surface area contributed by atoms with Gasteiger partial charge < -0.3 is 5.11 Å². The molecule has 1 aromatic rings. The average Bonchev–Trinajstić information content (AvgIpc) is 2.34. The Labute approximate surface area is 122 Å². The Hall–Kier alpha value is -0.910. The van der Waals surface area contributed by atoms with Crippen molar-refractivity contribution in [2.24, 2.45) is 0 Å². The van der Waals surface area contributed by atoms with Crippen molar-refractivity contribution in [2.45, 2.75) is 51.0 Å². The first-order chi connectivity index (χ1) is 9.10. The van der Waals surface area contributed by atoms with Gasteiger partial charge >= 0.3 is 0 Å². The fourth-order valence-corrected chi connectivity index (χ4v) is 3.64. The van der Waals surface area contributed by atoms with E-state index in [0.29, 0.717) is 0 Å². The second kappa shape index (κ2) is 6.24. The molecule has 0 unspecified atom stereocenters. The Kier molecular flexibility index (Phi) is 5.35. The Bertz CT molecular complexity index is 527. The number of rotatable bonds is 5. The van der Waals surface area contributed by atoms with Crippen molar-refractivity contribution in [3.05, 3.63) is 29.8 Å². The third-order valence-electron chi connectivity index (χ3n) is 3.22. The molecule has 0 aliphatic rings. The van der Waals surface area contributed by atoms with Crippen LogP contribution in [0.15, 0.2) is 29.2 Å². The SMILES string of the molecule is CC(C)N(CCO)S(=O)(=O)c1ccc(C(C)(C)C)cc1. The van der Waals surface area contributed by atoms with Crippen molar-refractivity contribution < 1.29 is 13.5 Å². The van der Waals surface area contributed by atoms with Gasteiger partial charge in [0.1, 0.15) is 0 Å². The molecule has 0 saturated heterocycles. The van der Waals surface area contributed by atoms with Crippen LogP contribution in [0, 0.1) is 0 Å². The minimum absolute atomic E-state index is 0.00880. The summed E-state index contributed by atoms with van der Waals surface area (Å²) in [5, 5.41) is 9.04. The lowest BCUT2D eigenvalue weighted by atomic mass is 9.87. The Morgan fingerprint density at radius 3 is 2.00 bits per heavy atom. The van der Waals surface area contributed by atoms with Crippen LogP contribution in [0.3, 0.4) is 0 Å². The first-order valence-corrected chi connectivity index (χ1v) is 8.28. The van der Waals surface area contributed by atoms with Gasteiger partial charge in [0, 0.05) is 12.6 Å². The number of nitrogens with zero attached hydrogens (tertiary/aromatic N) is 1. The summed E-state index contributed by atoms with van der Waals surface area (Å²) in [6, 6.07) is 6.80. The van der Waals surface area contributed by atoms with E-state index in [9.17, 15) is 8.42 Å². The van der Waals surface area contributed by atoms with E-state index in [4.69, 9.17) is 5.11 Å². The highest BCUT2D eigenvalue weighted by Crippen LogP contribution is 2.25. The lowest BCUT2D eigenvalue weighted by molar-refractivity contribution is 0.236. The molecule has 1 N–H and O–H groups in total. The molecule has 0 spiro atoms. The van der Waals surface area contributed by atoms with Crippen molar-refractivity contribution in [1.82, 2.24) is 4.31 Å². The normalized spacial score (nSPS) is 13.2. The van der Waals surface area contributed by atoms with Gasteiger partial charge in [-0.25, -0.2) is 8.42 Å².